The summed E-state index contributed by atoms with van der Waals surface area (Å²) in [5.74, 6) is 0.241. The van der Waals surface area contributed by atoms with Crippen molar-refractivity contribution in [3.05, 3.63) is 20.8 Å². The molecule has 1 fully saturated rings. The highest BCUT2D eigenvalue weighted by Crippen LogP contribution is 2.29. The standard InChI is InChI=1S/C13H19BrN2OS/c1-13(9-15)5-2-6-16(13)12(17)4-3-11-7-10(14)8-18-11/h7-8H,2-6,9,15H2,1H3. The van der Waals surface area contributed by atoms with Crippen molar-refractivity contribution in [3.8, 4) is 0 Å². The maximum absolute atomic E-state index is 12.3. The lowest BCUT2D eigenvalue weighted by Gasteiger charge is -2.34. The number of hydrogen-bond donors (Lipinski definition) is 1. The Morgan fingerprint density at radius 2 is 2.44 bits per heavy atom. The number of amides is 1. The fourth-order valence-corrected chi connectivity index (χ4v) is 3.97. The second-order valence-corrected chi connectivity index (χ2v) is 6.99. The summed E-state index contributed by atoms with van der Waals surface area (Å²) in [5.41, 5.74) is 5.69. The zero-order valence-electron chi connectivity index (χ0n) is 10.6. The molecule has 1 saturated heterocycles. The quantitative estimate of drug-likeness (QED) is 0.922. The Labute approximate surface area is 120 Å². The van der Waals surface area contributed by atoms with Crippen molar-refractivity contribution >= 4 is 33.2 Å². The molecule has 0 spiro atoms. The third kappa shape index (κ3) is 2.95. The lowest BCUT2D eigenvalue weighted by atomic mass is 9.99. The first kappa shape index (κ1) is 14.0. The molecule has 2 heterocycles. The number of likely N-dealkylation sites (tertiary alicyclic amines) is 1. The van der Waals surface area contributed by atoms with Gasteiger partial charge in [0.2, 0.25) is 5.91 Å². The molecule has 1 aromatic heterocycles. The molecule has 0 aromatic carbocycles. The fraction of sp³-hybridized carbons (Fsp3) is 0.615. The van der Waals surface area contributed by atoms with Crippen LogP contribution in [0.1, 0.15) is 31.1 Å². The monoisotopic (exact) mass is 330 g/mol. The summed E-state index contributed by atoms with van der Waals surface area (Å²) >= 11 is 5.13. The SMILES string of the molecule is CC1(CN)CCCN1C(=O)CCc1cc(Br)cs1. The number of hydrogen-bond acceptors (Lipinski definition) is 3. The van der Waals surface area contributed by atoms with E-state index in [0.29, 0.717) is 13.0 Å². The van der Waals surface area contributed by atoms with E-state index < -0.39 is 0 Å². The number of carbonyl (C=O) groups is 1. The number of rotatable bonds is 4. The summed E-state index contributed by atoms with van der Waals surface area (Å²) in [6.45, 7) is 3.52. The summed E-state index contributed by atoms with van der Waals surface area (Å²) in [4.78, 5) is 15.5. The van der Waals surface area contributed by atoms with E-state index in [1.807, 2.05) is 4.90 Å². The van der Waals surface area contributed by atoms with Crippen molar-refractivity contribution in [2.24, 2.45) is 5.73 Å². The molecule has 100 valence electrons. The molecule has 1 aliphatic heterocycles. The summed E-state index contributed by atoms with van der Waals surface area (Å²) in [6.07, 6.45) is 3.51. The van der Waals surface area contributed by atoms with E-state index in [0.717, 1.165) is 30.3 Å². The summed E-state index contributed by atoms with van der Waals surface area (Å²) < 4.78 is 1.10. The molecular formula is C13H19BrN2OS. The van der Waals surface area contributed by atoms with Crippen LogP contribution in [0, 0.1) is 0 Å². The molecule has 3 nitrogen and oxygen atoms in total. The van der Waals surface area contributed by atoms with E-state index in [4.69, 9.17) is 5.73 Å². The summed E-state index contributed by atoms with van der Waals surface area (Å²) in [6, 6.07) is 2.09. The van der Waals surface area contributed by atoms with Gasteiger partial charge in [-0.1, -0.05) is 0 Å². The van der Waals surface area contributed by atoms with Gasteiger partial charge < -0.3 is 10.6 Å². The molecule has 0 radical (unpaired) electrons. The van der Waals surface area contributed by atoms with E-state index in [2.05, 4.69) is 34.3 Å². The normalized spacial score (nSPS) is 23.6. The predicted molar refractivity (Wildman–Crippen MR) is 78.7 cm³/mol. The van der Waals surface area contributed by atoms with Gasteiger partial charge in [0.1, 0.15) is 0 Å². The highest BCUT2D eigenvalue weighted by atomic mass is 79.9. The third-order valence-corrected chi connectivity index (χ3v) is 5.45. The molecule has 2 rings (SSSR count). The van der Waals surface area contributed by atoms with Gasteiger partial charge in [-0.3, -0.25) is 4.79 Å². The van der Waals surface area contributed by atoms with Gasteiger partial charge in [0.25, 0.3) is 0 Å². The van der Waals surface area contributed by atoms with Gasteiger partial charge in [-0.2, -0.15) is 0 Å². The lowest BCUT2D eigenvalue weighted by molar-refractivity contribution is -0.134. The van der Waals surface area contributed by atoms with Crippen LogP contribution in [0.15, 0.2) is 15.9 Å². The topological polar surface area (TPSA) is 46.3 Å². The maximum Gasteiger partial charge on any atom is 0.223 e. The van der Waals surface area contributed by atoms with Crippen LogP contribution in [0.2, 0.25) is 0 Å². The van der Waals surface area contributed by atoms with E-state index in [1.54, 1.807) is 11.3 Å². The number of nitrogens with zero attached hydrogens (tertiary/aromatic N) is 1. The second-order valence-electron chi connectivity index (χ2n) is 5.08. The molecule has 1 amide bonds. The number of carbonyl (C=O) groups excluding carboxylic acids is 1. The molecule has 2 N–H and O–H groups in total. The molecule has 18 heavy (non-hydrogen) atoms. The van der Waals surface area contributed by atoms with Gasteiger partial charge in [-0.25, -0.2) is 0 Å². The number of nitrogens with two attached hydrogens (primary N) is 1. The largest absolute Gasteiger partial charge is 0.336 e. The average molecular weight is 331 g/mol. The minimum absolute atomic E-state index is 0.118. The van der Waals surface area contributed by atoms with Crippen LogP contribution < -0.4 is 5.73 Å². The van der Waals surface area contributed by atoms with Crippen LogP contribution in [0.4, 0.5) is 0 Å². The minimum Gasteiger partial charge on any atom is -0.336 e. The van der Waals surface area contributed by atoms with Crippen LogP contribution in [0.25, 0.3) is 0 Å². The van der Waals surface area contributed by atoms with E-state index in [-0.39, 0.29) is 11.4 Å². The van der Waals surface area contributed by atoms with Crippen molar-refractivity contribution in [2.45, 2.75) is 38.1 Å². The molecule has 1 aliphatic rings. The minimum atomic E-state index is -0.118. The summed E-state index contributed by atoms with van der Waals surface area (Å²) in [7, 11) is 0. The Morgan fingerprint density at radius 3 is 3.06 bits per heavy atom. The van der Waals surface area contributed by atoms with Crippen molar-refractivity contribution in [1.29, 1.82) is 0 Å². The van der Waals surface area contributed by atoms with Gasteiger partial charge in [-0.05, 0) is 48.2 Å². The molecule has 0 bridgehead atoms. The van der Waals surface area contributed by atoms with Gasteiger partial charge in [-0.15, -0.1) is 11.3 Å². The van der Waals surface area contributed by atoms with E-state index in [9.17, 15) is 4.79 Å². The molecule has 5 heteroatoms. The smallest absolute Gasteiger partial charge is 0.223 e. The zero-order chi connectivity index (χ0) is 13.2. The number of halogens is 1. The van der Waals surface area contributed by atoms with Gasteiger partial charge in [0.15, 0.2) is 0 Å². The molecule has 0 saturated carbocycles. The van der Waals surface area contributed by atoms with Crippen LogP contribution >= 0.6 is 27.3 Å². The van der Waals surface area contributed by atoms with E-state index in [1.165, 1.54) is 4.88 Å². The Hall–Kier alpha value is -0.390. The average Bonchev–Trinajstić information content (AvgIpc) is 2.93. The third-order valence-electron chi connectivity index (χ3n) is 3.70. The van der Waals surface area contributed by atoms with Crippen molar-refractivity contribution in [3.63, 3.8) is 0 Å². The first-order valence-electron chi connectivity index (χ1n) is 6.28. The zero-order valence-corrected chi connectivity index (χ0v) is 13.0. The Morgan fingerprint density at radius 1 is 1.67 bits per heavy atom. The number of aryl methyl sites for hydroxylation is 1. The molecule has 1 aromatic rings. The molecule has 1 unspecified atom stereocenters. The summed E-state index contributed by atoms with van der Waals surface area (Å²) in [5, 5.41) is 2.06. The molecule has 1 atom stereocenters. The van der Waals surface area contributed by atoms with Gasteiger partial charge in [0.05, 0.1) is 5.54 Å². The van der Waals surface area contributed by atoms with Crippen LogP contribution in [-0.4, -0.2) is 29.4 Å². The Kier molecular flexibility index (Phi) is 4.45. The van der Waals surface area contributed by atoms with Crippen LogP contribution in [0.5, 0.6) is 0 Å². The molecule has 0 aliphatic carbocycles. The lowest BCUT2D eigenvalue weighted by Crippen LogP contribution is -2.50. The van der Waals surface area contributed by atoms with Crippen molar-refractivity contribution in [2.75, 3.05) is 13.1 Å². The Balaban J connectivity index is 1.92. The molecular weight excluding hydrogens is 312 g/mol. The first-order chi connectivity index (χ1) is 8.55. The van der Waals surface area contributed by atoms with Crippen LogP contribution in [0.3, 0.4) is 0 Å². The highest BCUT2D eigenvalue weighted by molar-refractivity contribution is 9.10. The van der Waals surface area contributed by atoms with Gasteiger partial charge in [0, 0.05) is 34.2 Å². The van der Waals surface area contributed by atoms with Gasteiger partial charge >= 0.3 is 0 Å². The van der Waals surface area contributed by atoms with Crippen molar-refractivity contribution in [1.82, 2.24) is 4.90 Å². The second kappa shape index (κ2) is 5.72. The fourth-order valence-electron chi connectivity index (χ4n) is 2.51. The maximum atomic E-state index is 12.3. The highest BCUT2D eigenvalue weighted by Gasteiger charge is 2.37. The van der Waals surface area contributed by atoms with Crippen molar-refractivity contribution < 1.29 is 4.79 Å². The predicted octanol–water partition coefficient (Wildman–Crippen LogP) is 2.78. The van der Waals surface area contributed by atoms with Crippen LogP contribution in [-0.2, 0) is 11.2 Å². The first-order valence-corrected chi connectivity index (χ1v) is 7.96. The van der Waals surface area contributed by atoms with E-state index >= 15 is 0 Å². The Bertz CT molecular complexity index is 434. The number of thiophene rings is 1.